The number of nitrogens with two attached hydrogens (primary N) is 2. The van der Waals surface area contributed by atoms with Crippen molar-refractivity contribution in [2.24, 2.45) is 29.6 Å². The second kappa shape index (κ2) is 46.1. The van der Waals surface area contributed by atoms with Gasteiger partial charge in [-0.25, -0.2) is 36.7 Å². The van der Waals surface area contributed by atoms with E-state index in [1.807, 2.05) is 41.5 Å². The molecule has 698 valence electrons. The number of nitrogens with one attached hydrogen (secondary N) is 2. The van der Waals surface area contributed by atoms with Crippen molar-refractivity contribution < 1.29 is 128 Å². The summed E-state index contributed by atoms with van der Waals surface area (Å²) < 4.78 is 120. The zero-order chi connectivity index (χ0) is 93.6. The van der Waals surface area contributed by atoms with E-state index in [2.05, 4.69) is 29.4 Å². The third kappa shape index (κ3) is 31.0. The Bertz CT molecular complexity index is 4390. The summed E-state index contributed by atoms with van der Waals surface area (Å²) in [5, 5.41) is 27.3. The Balaban J connectivity index is 0.000000254. The summed E-state index contributed by atoms with van der Waals surface area (Å²) in [6.45, 7) is 32.9. The fraction of sp³-hybridized carbons (Fsp3) is 0.711. The maximum Gasteiger partial charge on any atom is 0.341 e. The highest BCUT2D eigenvalue weighted by molar-refractivity contribution is 7.16. The van der Waals surface area contributed by atoms with Gasteiger partial charge in [0, 0.05) is 70.1 Å². The standard InChI is InChI=1S/C14H19FN4O3S.C13H17FN4O4S.C11H19FO3.C10H14O5.C9H15FO2.C9H16O3.C6H10O2.C6H8O2.C5H6O3/c1-4-6-5-7(14(2,3)15)11(22-6)19-9-8(23-13(19)21)10(20)18-12(16)17-9;1-13(2,14)6-3-5(4-19)22-10(6)18-8-7(23-12(18)21)9(20)17-11(15)16-8;1-5-8-6-9(11(3,4)12)10(15-8)14-7(2)13;1-4-13-8(11)6-5-7-9(12)15-10(2,3)14-7;1-4-6-5-7(8(11)12-6)9(2,3)10;1-4-6-5-7(8(10)12-6)9(2,3)11;2*1-2-5-3-4-6(7)8-5;6-3-4-1-2-5(7)8-4/h6-7,11H,4-5H2,1-3H3,(H3,16,17,18,20);5-6,10,19H,3-4H2,1-2H3,(H3,15,16,17,20);8-10H,5-6H2,1-4H3;5-7H,4H2,1-3H3;6-7H,4-5H2,1-3H3;6-7,11H,4-5H2,1-3H3;5H,2-4H2,1H3;3-5H,2H2,1H3;1-2,4,6H,3H2/b;;;6-5-;;;;;/t6-,7-,11-;5-,6+,10+;8-,9-,10?;7-;2*6-,7-;2*5-;4-/m101011110/s1. The van der Waals surface area contributed by atoms with Crippen molar-refractivity contribution in [1.82, 2.24) is 29.1 Å². The number of fused-ring (bicyclic) bond motifs is 2. The molecule has 0 saturated carbocycles. The van der Waals surface area contributed by atoms with Gasteiger partial charge in [-0.1, -0.05) is 64.2 Å². The Labute approximate surface area is 723 Å². The zero-order valence-corrected chi connectivity index (χ0v) is 75.6. The van der Waals surface area contributed by atoms with Crippen LogP contribution in [0.5, 0.6) is 0 Å². The van der Waals surface area contributed by atoms with Crippen LogP contribution in [0.3, 0.4) is 0 Å². The first-order valence-corrected chi connectivity index (χ1v) is 43.0. The molecule has 0 radical (unpaired) electrons. The van der Waals surface area contributed by atoms with E-state index >= 15 is 0 Å². The monoisotopic (exact) mass is 1800 g/mol. The fourth-order valence-corrected chi connectivity index (χ4v) is 15.6. The number of carbonyl (C=O) groups is 8. The lowest BCUT2D eigenvalue weighted by Gasteiger charge is -2.27. The highest BCUT2D eigenvalue weighted by Crippen LogP contribution is 2.46. The summed E-state index contributed by atoms with van der Waals surface area (Å²) in [4.78, 5) is 147. The number of thiazole rings is 2. The molecule has 41 heteroatoms. The van der Waals surface area contributed by atoms with Gasteiger partial charge in [-0.3, -0.25) is 57.5 Å². The number of cyclic esters (lactones) is 6. The molecule has 7 fully saturated rings. The molecule has 0 amide bonds. The van der Waals surface area contributed by atoms with Crippen LogP contribution in [-0.4, -0.2) is 207 Å². The number of aromatic nitrogens is 6. The van der Waals surface area contributed by atoms with Crippen molar-refractivity contribution in [3.63, 3.8) is 0 Å². The van der Waals surface area contributed by atoms with Gasteiger partial charge in [-0.15, -0.1) is 0 Å². The SMILES string of the molecule is CC(C)(F)[C@@H]1C[C@@H](CO)O[C@H]1n1c(=O)sc2c(=O)[nH]c(N)nc21.CCOC(=O)/C=C\[C@@H]1OC(C)(C)OC1=O.CC[C@@H]1C=CC(=O)O1.CC[C@@H]1CCC(=O)O1.CC[C@@H]1C[C@@H](C(C)(C)F)C(=O)O1.CC[C@@H]1C[C@@H](C(C)(C)F)C(OC(C)=O)O1.CC[C@@H]1C[C@@H](C(C)(C)F)[C@H](n2c(=O)sc3c(=O)[nH]c(N)nc32)O1.CC[C@@H]1C[C@@H](C(C)(C)O)C(=O)O1.O=C1C=C[C@@H](CO)O1. The number of anilines is 2. The molecule has 9 N–H and O–H groups in total. The van der Waals surface area contributed by atoms with Crippen LogP contribution in [0.15, 0.2) is 55.6 Å². The second-order valence-corrected chi connectivity index (χ2v) is 35.4. The van der Waals surface area contributed by atoms with Crippen LogP contribution in [0.25, 0.3) is 20.7 Å². The number of rotatable bonds is 19. The second-order valence-electron chi connectivity index (χ2n) is 33.5. The first-order chi connectivity index (χ1) is 57.6. The van der Waals surface area contributed by atoms with Gasteiger partial charge in [-0.05, 0) is 159 Å². The molecule has 13 heterocycles. The van der Waals surface area contributed by atoms with Crippen LogP contribution in [0.2, 0.25) is 0 Å². The van der Waals surface area contributed by atoms with E-state index < -0.39 is 128 Å². The molecule has 0 bridgehead atoms. The number of nitrogen functional groups attached to an aromatic ring is 2. The minimum Gasteiger partial charge on any atom is -0.463 e. The normalized spacial score (nSPS) is 27.2. The van der Waals surface area contributed by atoms with Gasteiger partial charge in [0.1, 0.15) is 75.1 Å². The predicted molar refractivity (Wildman–Crippen MR) is 447 cm³/mol. The smallest absolute Gasteiger partial charge is 0.341 e. The number of carbonyl (C=O) groups excluding carboxylic acids is 8. The molecule has 4 aromatic heterocycles. The van der Waals surface area contributed by atoms with E-state index in [0.717, 1.165) is 66.9 Å². The number of hydrogen-bond donors (Lipinski definition) is 7. The molecule has 9 aliphatic rings. The van der Waals surface area contributed by atoms with Gasteiger partial charge in [-0.2, -0.15) is 9.97 Å². The summed E-state index contributed by atoms with van der Waals surface area (Å²) in [5.41, 5.74) is 3.39. The molecule has 1 unspecified atom stereocenters. The quantitative estimate of drug-likeness (QED) is 0.0198. The van der Waals surface area contributed by atoms with Crippen molar-refractivity contribution in [2.75, 3.05) is 31.3 Å². The Kier molecular flexibility index (Phi) is 39.3. The molecule has 7 saturated heterocycles. The molecular weight excluding hydrogens is 1680 g/mol. The summed E-state index contributed by atoms with van der Waals surface area (Å²) in [6, 6.07) is 0. The number of halogens is 4. The fourth-order valence-electron chi connectivity index (χ4n) is 13.9. The molecule has 13 rings (SSSR count). The number of aromatic amines is 2. The predicted octanol–water partition coefficient (Wildman–Crippen LogP) is 10.0. The highest BCUT2D eigenvalue weighted by atomic mass is 32.1. The van der Waals surface area contributed by atoms with E-state index in [0.29, 0.717) is 50.0 Å². The van der Waals surface area contributed by atoms with Crippen LogP contribution in [-0.2, 0) is 95.2 Å². The molecular formula is C83H124F4N8O27S2. The molecule has 0 spiro atoms. The van der Waals surface area contributed by atoms with Crippen molar-refractivity contribution in [3.8, 4) is 0 Å². The number of aliphatic hydroxyl groups is 3. The third-order valence-corrected chi connectivity index (χ3v) is 22.8. The average Bonchev–Trinajstić information content (AvgIpc) is 1.61. The molecule has 0 aliphatic carbocycles. The highest BCUT2D eigenvalue weighted by Gasteiger charge is 2.51. The number of ether oxygens (including phenoxy) is 12. The van der Waals surface area contributed by atoms with Gasteiger partial charge in [0.05, 0.1) is 61.5 Å². The van der Waals surface area contributed by atoms with Gasteiger partial charge in [0.25, 0.3) is 11.1 Å². The number of hydrogen-bond acceptors (Lipinski definition) is 33. The lowest BCUT2D eigenvalue weighted by atomic mass is 9.88. The van der Waals surface area contributed by atoms with Crippen LogP contribution in [0.4, 0.5) is 29.5 Å². The minimum absolute atomic E-state index is 0.00521. The molecule has 4 aromatic rings. The van der Waals surface area contributed by atoms with E-state index in [-0.39, 0.29) is 131 Å². The van der Waals surface area contributed by atoms with E-state index in [4.69, 9.17) is 63.9 Å². The lowest BCUT2D eigenvalue weighted by Crippen LogP contribution is -2.35. The van der Waals surface area contributed by atoms with Crippen molar-refractivity contribution in [1.29, 1.82) is 0 Å². The first kappa shape index (κ1) is 106. The minimum atomic E-state index is -1.64. The summed E-state index contributed by atoms with van der Waals surface area (Å²) in [7, 11) is 0. The Morgan fingerprint density at radius 3 is 1.32 bits per heavy atom. The number of esters is 8. The van der Waals surface area contributed by atoms with E-state index in [9.17, 15) is 85.3 Å². The number of nitrogens with zero attached hydrogens (tertiary/aromatic N) is 4. The Morgan fingerprint density at radius 2 is 1.00 bits per heavy atom. The van der Waals surface area contributed by atoms with E-state index in [1.165, 1.54) is 91.2 Å². The summed E-state index contributed by atoms with van der Waals surface area (Å²) in [5.74, 6) is -6.29. The third-order valence-electron chi connectivity index (χ3n) is 20.9. The summed E-state index contributed by atoms with van der Waals surface area (Å²) >= 11 is 1.47. The lowest BCUT2D eigenvalue weighted by molar-refractivity contribution is -0.186. The maximum absolute atomic E-state index is 14.6. The van der Waals surface area contributed by atoms with Gasteiger partial charge >= 0.3 is 57.5 Å². The van der Waals surface area contributed by atoms with Crippen molar-refractivity contribution in [2.45, 2.75) is 330 Å². The van der Waals surface area contributed by atoms with Crippen LogP contribution in [0.1, 0.15) is 234 Å². The maximum atomic E-state index is 14.6. The summed E-state index contributed by atoms with van der Waals surface area (Å²) in [6.07, 6.45) is 13.4. The first-order valence-electron chi connectivity index (χ1n) is 41.4. The van der Waals surface area contributed by atoms with Gasteiger partial charge in [0.2, 0.25) is 24.0 Å². The molecule has 35 nitrogen and oxygen atoms in total. The van der Waals surface area contributed by atoms with Crippen molar-refractivity contribution in [3.05, 3.63) is 76.5 Å². The largest absolute Gasteiger partial charge is 0.463 e. The van der Waals surface area contributed by atoms with Crippen molar-refractivity contribution >= 4 is 103 Å². The van der Waals surface area contributed by atoms with Crippen LogP contribution < -0.4 is 32.3 Å². The zero-order valence-electron chi connectivity index (χ0n) is 74.0. The molecule has 124 heavy (non-hydrogen) atoms. The van der Waals surface area contributed by atoms with Crippen LogP contribution >= 0.6 is 22.7 Å². The average molecular weight is 1810 g/mol. The topological polar surface area (TPSA) is 496 Å². The van der Waals surface area contributed by atoms with E-state index in [1.54, 1.807) is 40.7 Å². The Hall–Kier alpha value is -8.84. The van der Waals surface area contributed by atoms with Crippen LogP contribution in [0, 0.1) is 29.6 Å². The van der Waals surface area contributed by atoms with Gasteiger partial charge in [0.15, 0.2) is 17.4 Å². The molecule has 0 aromatic carbocycles. The molecule has 17 atom stereocenters. The molecule has 9 aliphatic heterocycles. The number of alkyl halides is 4. The number of H-pyrrole nitrogens is 2. The van der Waals surface area contributed by atoms with Gasteiger partial charge < -0.3 is 83.6 Å². The number of aliphatic hydroxyl groups excluding tert-OH is 2. The Morgan fingerprint density at radius 1 is 0.565 bits per heavy atom.